The van der Waals surface area contributed by atoms with Gasteiger partial charge in [0.2, 0.25) is 10.0 Å². The third-order valence-corrected chi connectivity index (χ3v) is 5.73. The van der Waals surface area contributed by atoms with E-state index >= 15 is 0 Å². The van der Waals surface area contributed by atoms with Gasteiger partial charge < -0.3 is 10.6 Å². The summed E-state index contributed by atoms with van der Waals surface area (Å²) in [6.45, 7) is 2.74. The zero-order valence-electron chi connectivity index (χ0n) is 12.6. The van der Waals surface area contributed by atoms with E-state index < -0.39 is 10.0 Å². The summed E-state index contributed by atoms with van der Waals surface area (Å²) in [6, 6.07) is -0.265. The number of hydrogen-bond donors (Lipinski definition) is 3. The van der Waals surface area contributed by atoms with Crippen LogP contribution in [0.1, 0.15) is 42.8 Å². The lowest BCUT2D eigenvalue weighted by Gasteiger charge is -2.07. The highest BCUT2D eigenvalue weighted by Crippen LogP contribution is 2.41. The van der Waals surface area contributed by atoms with E-state index in [1.54, 1.807) is 18.3 Å². The van der Waals surface area contributed by atoms with E-state index in [2.05, 4.69) is 20.3 Å². The SMILES string of the molecule is CCS(=O)(=O)NCCCNC(=O)NCc1csc(C2CC2)n1. The first-order valence-electron chi connectivity index (χ1n) is 7.43. The molecule has 0 unspecified atom stereocenters. The van der Waals surface area contributed by atoms with Crippen LogP contribution in [0.3, 0.4) is 0 Å². The Morgan fingerprint density at radius 1 is 1.36 bits per heavy atom. The number of hydrogen-bond acceptors (Lipinski definition) is 5. The predicted octanol–water partition coefficient (Wildman–Crippen LogP) is 1.15. The molecule has 1 aromatic heterocycles. The Morgan fingerprint density at radius 2 is 2.14 bits per heavy atom. The molecule has 1 aromatic rings. The van der Waals surface area contributed by atoms with Gasteiger partial charge in [-0.2, -0.15) is 0 Å². The van der Waals surface area contributed by atoms with Crippen molar-refractivity contribution in [2.45, 2.75) is 38.6 Å². The summed E-state index contributed by atoms with van der Waals surface area (Å²) in [6.07, 6.45) is 3.00. The lowest BCUT2D eigenvalue weighted by molar-refractivity contribution is 0.240. The van der Waals surface area contributed by atoms with Crippen LogP contribution >= 0.6 is 11.3 Å². The molecule has 124 valence electrons. The maximum atomic E-state index is 11.6. The number of aromatic nitrogens is 1. The summed E-state index contributed by atoms with van der Waals surface area (Å²) in [5.41, 5.74) is 0.887. The molecule has 9 heteroatoms. The Hall–Kier alpha value is -1.19. The molecular weight excluding hydrogens is 324 g/mol. The van der Waals surface area contributed by atoms with Gasteiger partial charge in [0.05, 0.1) is 23.0 Å². The van der Waals surface area contributed by atoms with Crippen molar-refractivity contribution in [1.82, 2.24) is 20.3 Å². The van der Waals surface area contributed by atoms with Crippen LogP contribution in [0, 0.1) is 0 Å². The van der Waals surface area contributed by atoms with Crippen molar-refractivity contribution < 1.29 is 13.2 Å². The minimum absolute atomic E-state index is 0.0669. The highest BCUT2D eigenvalue weighted by atomic mass is 32.2. The van der Waals surface area contributed by atoms with Crippen molar-refractivity contribution in [1.29, 1.82) is 0 Å². The van der Waals surface area contributed by atoms with Gasteiger partial charge in [-0.05, 0) is 26.2 Å². The average Bonchev–Trinajstić information content (AvgIpc) is 3.23. The molecule has 1 aliphatic carbocycles. The quantitative estimate of drug-likeness (QED) is 0.584. The first kappa shape index (κ1) is 17.2. The van der Waals surface area contributed by atoms with Crippen LogP contribution in [0.15, 0.2) is 5.38 Å². The molecule has 2 rings (SSSR count). The van der Waals surface area contributed by atoms with E-state index in [9.17, 15) is 13.2 Å². The van der Waals surface area contributed by atoms with Crippen molar-refractivity contribution >= 4 is 27.4 Å². The second-order valence-corrected chi connectivity index (χ2v) is 8.20. The van der Waals surface area contributed by atoms with Crippen molar-refractivity contribution in [2.75, 3.05) is 18.8 Å². The molecule has 1 saturated carbocycles. The molecule has 0 atom stereocenters. The normalized spacial score (nSPS) is 14.8. The van der Waals surface area contributed by atoms with Gasteiger partial charge in [0.15, 0.2) is 0 Å². The fraction of sp³-hybridized carbons (Fsp3) is 0.692. The topological polar surface area (TPSA) is 100 Å². The molecule has 3 N–H and O–H groups in total. The third-order valence-electron chi connectivity index (χ3n) is 3.27. The number of amides is 2. The first-order chi connectivity index (χ1) is 10.5. The Bertz CT molecular complexity index is 596. The molecular formula is C13H22N4O3S2. The minimum atomic E-state index is -3.15. The van der Waals surface area contributed by atoms with Crippen LogP contribution in [0.5, 0.6) is 0 Å². The number of carbonyl (C=O) groups is 1. The second kappa shape index (κ2) is 7.89. The smallest absolute Gasteiger partial charge is 0.315 e. The third kappa shape index (κ3) is 5.90. The molecule has 1 heterocycles. The summed E-state index contributed by atoms with van der Waals surface area (Å²) < 4.78 is 24.8. The van der Waals surface area contributed by atoms with E-state index in [-0.39, 0.29) is 11.8 Å². The maximum absolute atomic E-state index is 11.6. The van der Waals surface area contributed by atoms with Gasteiger partial charge in [-0.3, -0.25) is 0 Å². The number of nitrogens with zero attached hydrogens (tertiary/aromatic N) is 1. The molecule has 1 aliphatic rings. The standard InChI is InChI=1S/C13H22N4O3S2/c1-2-22(19,20)16-7-3-6-14-13(18)15-8-11-9-21-12(17-11)10-4-5-10/h9-10,16H,2-8H2,1H3,(H2,14,15,18). The van der Waals surface area contributed by atoms with Crippen LogP contribution in [0.2, 0.25) is 0 Å². The van der Waals surface area contributed by atoms with Gasteiger partial charge in [-0.1, -0.05) is 0 Å². The van der Waals surface area contributed by atoms with Crippen molar-refractivity contribution in [3.05, 3.63) is 16.1 Å². The van der Waals surface area contributed by atoms with Crippen LogP contribution in [0.25, 0.3) is 0 Å². The number of rotatable bonds is 9. The van der Waals surface area contributed by atoms with Crippen molar-refractivity contribution in [2.24, 2.45) is 0 Å². The molecule has 22 heavy (non-hydrogen) atoms. The Labute approximate surface area is 135 Å². The summed E-state index contributed by atoms with van der Waals surface area (Å²) >= 11 is 1.65. The summed E-state index contributed by atoms with van der Waals surface area (Å²) in [4.78, 5) is 16.1. The monoisotopic (exact) mass is 346 g/mol. The maximum Gasteiger partial charge on any atom is 0.315 e. The van der Waals surface area contributed by atoms with Gasteiger partial charge in [-0.15, -0.1) is 11.3 Å². The summed E-state index contributed by atoms with van der Waals surface area (Å²) in [5, 5.41) is 8.58. The number of thiazole rings is 1. The molecule has 0 aromatic carbocycles. The van der Waals surface area contributed by atoms with Gasteiger partial charge in [-0.25, -0.2) is 22.9 Å². The zero-order chi connectivity index (χ0) is 16.0. The van der Waals surface area contributed by atoms with Crippen LogP contribution in [-0.2, 0) is 16.6 Å². The molecule has 7 nitrogen and oxygen atoms in total. The molecule has 1 fully saturated rings. The molecule has 0 bridgehead atoms. The van der Waals surface area contributed by atoms with Crippen molar-refractivity contribution in [3.63, 3.8) is 0 Å². The fourth-order valence-electron chi connectivity index (χ4n) is 1.78. The molecule has 0 radical (unpaired) electrons. The Morgan fingerprint density at radius 3 is 2.82 bits per heavy atom. The van der Waals surface area contributed by atoms with Crippen LogP contribution in [0.4, 0.5) is 4.79 Å². The second-order valence-electron chi connectivity index (χ2n) is 5.21. The molecule has 0 saturated heterocycles. The Balaban J connectivity index is 1.55. The largest absolute Gasteiger partial charge is 0.338 e. The van der Waals surface area contributed by atoms with Gasteiger partial charge in [0.1, 0.15) is 0 Å². The highest BCUT2D eigenvalue weighted by molar-refractivity contribution is 7.89. The molecule has 0 spiro atoms. The van der Waals surface area contributed by atoms with Gasteiger partial charge >= 0.3 is 6.03 Å². The van der Waals surface area contributed by atoms with E-state index in [1.165, 1.54) is 17.8 Å². The van der Waals surface area contributed by atoms with E-state index in [0.29, 0.717) is 32.0 Å². The van der Waals surface area contributed by atoms with Gasteiger partial charge in [0, 0.05) is 24.4 Å². The number of carbonyl (C=O) groups excluding carboxylic acids is 1. The molecule has 0 aliphatic heterocycles. The summed E-state index contributed by atoms with van der Waals surface area (Å²) in [7, 11) is -3.15. The lowest BCUT2D eigenvalue weighted by atomic mass is 10.4. The van der Waals surface area contributed by atoms with E-state index in [4.69, 9.17) is 0 Å². The average molecular weight is 346 g/mol. The zero-order valence-corrected chi connectivity index (χ0v) is 14.2. The van der Waals surface area contributed by atoms with Crippen molar-refractivity contribution in [3.8, 4) is 0 Å². The fourth-order valence-corrected chi connectivity index (χ4v) is 3.43. The lowest BCUT2D eigenvalue weighted by Crippen LogP contribution is -2.37. The predicted molar refractivity (Wildman–Crippen MR) is 86.4 cm³/mol. The number of nitrogens with one attached hydrogen (secondary N) is 3. The Kier molecular flexibility index (Phi) is 6.16. The number of sulfonamides is 1. The van der Waals surface area contributed by atoms with Crippen LogP contribution in [-0.4, -0.2) is 38.3 Å². The number of urea groups is 1. The summed E-state index contributed by atoms with van der Waals surface area (Å²) in [5.74, 6) is 0.705. The van der Waals surface area contributed by atoms with E-state index in [1.807, 2.05) is 5.38 Å². The first-order valence-corrected chi connectivity index (χ1v) is 9.96. The highest BCUT2D eigenvalue weighted by Gasteiger charge is 2.26. The van der Waals surface area contributed by atoms with Gasteiger partial charge in [0.25, 0.3) is 0 Å². The van der Waals surface area contributed by atoms with E-state index in [0.717, 1.165) is 5.69 Å². The minimum Gasteiger partial charge on any atom is -0.338 e. The molecule has 2 amide bonds. The van der Waals surface area contributed by atoms with Crippen LogP contribution < -0.4 is 15.4 Å².